The van der Waals surface area contributed by atoms with Crippen molar-refractivity contribution in [3.8, 4) is 11.5 Å². The molecule has 0 aromatic heterocycles. The minimum Gasteiger partial charge on any atom is -0.504 e. The van der Waals surface area contributed by atoms with E-state index >= 15 is 0 Å². The summed E-state index contributed by atoms with van der Waals surface area (Å²) in [6.45, 7) is 1.93. The Labute approximate surface area is 125 Å². The van der Waals surface area contributed by atoms with Crippen LogP contribution in [0.4, 0.5) is 0 Å². The quantitative estimate of drug-likeness (QED) is 0.822. The predicted molar refractivity (Wildman–Crippen MR) is 82.4 cm³/mol. The molecule has 112 valence electrons. The number of hydrogen-bond acceptors (Lipinski definition) is 4. The molecule has 0 fully saturated rings. The number of phenols is 1. The zero-order chi connectivity index (χ0) is 15.1. The van der Waals surface area contributed by atoms with Crippen molar-refractivity contribution in [1.82, 2.24) is 5.32 Å². The fourth-order valence-corrected chi connectivity index (χ4v) is 2.21. The Bertz CT molecular complexity index is 584. The van der Waals surface area contributed by atoms with Crippen molar-refractivity contribution in [2.45, 2.75) is 19.7 Å². The fourth-order valence-electron chi connectivity index (χ4n) is 2.21. The van der Waals surface area contributed by atoms with Crippen LogP contribution in [0.25, 0.3) is 0 Å². The summed E-state index contributed by atoms with van der Waals surface area (Å²) in [5, 5.41) is 13.3. The number of methoxy groups -OCH3 is 2. The van der Waals surface area contributed by atoms with Crippen LogP contribution in [0.2, 0.25) is 0 Å². The molecular formula is C17H21NO3. The van der Waals surface area contributed by atoms with Gasteiger partial charge in [0.2, 0.25) is 0 Å². The number of phenolic OH excluding ortho intramolecular Hbond substituents is 1. The summed E-state index contributed by atoms with van der Waals surface area (Å²) in [6, 6.07) is 13.7. The van der Waals surface area contributed by atoms with E-state index < -0.39 is 0 Å². The molecule has 0 aliphatic carbocycles. The molecule has 0 radical (unpaired) electrons. The maximum Gasteiger partial charge on any atom is 0.162 e. The molecule has 2 aromatic rings. The monoisotopic (exact) mass is 287 g/mol. The highest BCUT2D eigenvalue weighted by Gasteiger charge is 2.06. The summed E-state index contributed by atoms with van der Waals surface area (Å²) in [6.07, 6.45) is 0. The molecule has 2 N–H and O–H groups in total. The second-order valence-corrected chi connectivity index (χ2v) is 4.82. The van der Waals surface area contributed by atoms with Crippen LogP contribution in [0.1, 0.15) is 16.7 Å². The SMILES string of the molecule is COCc1cccc(CNCc2cccc(OC)c2O)c1. The highest BCUT2D eigenvalue weighted by atomic mass is 16.5. The third-order valence-electron chi connectivity index (χ3n) is 3.25. The lowest BCUT2D eigenvalue weighted by molar-refractivity contribution is 0.185. The zero-order valence-electron chi connectivity index (χ0n) is 12.4. The van der Waals surface area contributed by atoms with Crippen LogP contribution in [0.3, 0.4) is 0 Å². The first-order valence-electron chi connectivity index (χ1n) is 6.87. The summed E-state index contributed by atoms with van der Waals surface area (Å²) >= 11 is 0. The Morgan fingerprint density at radius 1 is 1.00 bits per heavy atom. The van der Waals surface area contributed by atoms with Crippen LogP contribution >= 0.6 is 0 Å². The molecule has 0 aliphatic rings. The maximum absolute atomic E-state index is 10.0. The number of nitrogens with one attached hydrogen (secondary N) is 1. The maximum atomic E-state index is 10.0. The number of benzene rings is 2. The van der Waals surface area contributed by atoms with Gasteiger partial charge in [-0.15, -0.1) is 0 Å². The number of hydrogen-bond donors (Lipinski definition) is 2. The summed E-state index contributed by atoms with van der Waals surface area (Å²) in [7, 11) is 3.24. The van der Waals surface area contributed by atoms with Gasteiger partial charge in [-0.1, -0.05) is 36.4 Å². The van der Waals surface area contributed by atoms with Gasteiger partial charge >= 0.3 is 0 Å². The fraction of sp³-hybridized carbons (Fsp3) is 0.294. The van der Waals surface area contributed by atoms with Crippen molar-refractivity contribution < 1.29 is 14.6 Å². The molecule has 4 nitrogen and oxygen atoms in total. The van der Waals surface area contributed by atoms with E-state index in [9.17, 15) is 5.11 Å². The van der Waals surface area contributed by atoms with Gasteiger partial charge in [-0.05, 0) is 17.2 Å². The molecule has 0 saturated carbocycles. The van der Waals surface area contributed by atoms with Crippen molar-refractivity contribution in [2.24, 2.45) is 0 Å². The molecule has 0 unspecified atom stereocenters. The molecule has 21 heavy (non-hydrogen) atoms. The largest absolute Gasteiger partial charge is 0.504 e. The van der Waals surface area contributed by atoms with Gasteiger partial charge in [-0.2, -0.15) is 0 Å². The third kappa shape index (κ3) is 4.21. The molecule has 0 heterocycles. The Kier molecular flexibility index (Phi) is 5.60. The van der Waals surface area contributed by atoms with Crippen LogP contribution < -0.4 is 10.1 Å². The van der Waals surface area contributed by atoms with Gasteiger partial charge in [-0.25, -0.2) is 0 Å². The standard InChI is InChI=1S/C17H21NO3/c1-20-12-14-6-3-5-13(9-14)10-18-11-15-7-4-8-16(21-2)17(15)19/h3-9,18-19H,10-12H2,1-2H3. The van der Waals surface area contributed by atoms with Crippen molar-refractivity contribution in [1.29, 1.82) is 0 Å². The van der Waals surface area contributed by atoms with E-state index in [0.29, 0.717) is 18.9 Å². The smallest absolute Gasteiger partial charge is 0.162 e. The number of aromatic hydroxyl groups is 1. The van der Waals surface area contributed by atoms with Gasteiger partial charge in [0.05, 0.1) is 13.7 Å². The second-order valence-electron chi connectivity index (χ2n) is 4.82. The van der Waals surface area contributed by atoms with Crippen molar-refractivity contribution in [3.05, 3.63) is 59.2 Å². The minimum absolute atomic E-state index is 0.195. The lowest BCUT2D eigenvalue weighted by atomic mass is 10.1. The number of para-hydroxylation sites is 1. The van der Waals surface area contributed by atoms with Crippen LogP contribution in [0.5, 0.6) is 11.5 Å². The normalized spacial score (nSPS) is 10.6. The Morgan fingerprint density at radius 2 is 1.76 bits per heavy atom. The molecule has 4 heteroatoms. The first-order chi connectivity index (χ1) is 10.2. The van der Waals surface area contributed by atoms with E-state index in [1.807, 2.05) is 24.3 Å². The predicted octanol–water partition coefficient (Wildman–Crippen LogP) is 2.84. The Balaban J connectivity index is 1.94. The lowest BCUT2D eigenvalue weighted by Crippen LogP contribution is -2.13. The van der Waals surface area contributed by atoms with Gasteiger partial charge in [0.25, 0.3) is 0 Å². The minimum atomic E-state index is 0.195. The molecule has 0 saturated heterocycles. The summed E-state index contributed by atoms with van der Waals surface area (Å²) in [5.41, 5.74) is 3.16. The summed E-state index contributed by atoms with van der Waals surface area (Å²) < 4.78 is 10.2. The zero-order valence-corrected chi connectivity index (χ0v) is 12.4. The first kappa shape index (κ1) is 15.4. The van der Waals surface area contributed by atoms with Gasteiger partial charge in [-0.3, -0.25) is 0 Å². The van der Waals surface area contributed by atoms with Gasteiger partial charge in [0, 0.05) is 25.8 Å². The van der Waals surface area contributed by atoms with Crippen LogP contribution in [0.15, 0.2) is 42.5 Å². The van der Waals surface area contributed by atoms with E-state index in [1.54, 1.807) is 20.3 Å². The molecule has 2 rings (SSSR count). The van der Waals surface area contributed by atoms with E-state index in [4.69, 9.17) is 9.47 Å². The second kappa shape index (κ2) is 7.67. The lowest BCUT2D eigenvalue weighted by Gasteiger charge is -2.10. The van der Waals surface area contributed by atoms with Crippen molar-refractivity contribution in [3.63, 3.8) is 0 Å². The van der Waals surface area contributed by atoms with Crippen LogP contribution in [0, 0.1) is 0 Å². The van der Waals surface area contributed by atoms with Crippen molar-refractivity contribution >= 4 is 0 Å². The highest BCUT2D eigenvalue weighted by molar-refractivity contribution is 5.45. The highest BCUT2D eigenvalue weighted by Crippen LogP contribution is 2.29. The average molecular weight is 287 g/mol. The Hall–Kier alpha value is -2.04. The van der Waals surface area contributed by atoms with E-state index in [1.165, 1.54) is 5.56 Å². The van der Waals surface area contributed by atoms with E-state index in [0.717, 1.165) is 17.7 Å². The molecule has 0 atom stereocenters. The molecular weight excluding hydrogens is 266 g/mol. The van der Waals surface area contributed by atoms with Crippen LogP contribution in [-0.4, -0.2) is 19.3 Å². The molecule has 2 aromatic carbocycles. The first-order valence-corrected chi connectivity index (χ1v) is 6.87. The number of ether oxygens (including phenoxy) is 2. The van der Waals surface area contributed by atoms with E-state index in [-0.39, 0.29) is 5.75 Å². The van der Waals surface area contributed by atoms with Gasteiger partial charge in [0.15, 0.2) is 11.5 Å². The van der Waals surface area contributed by atoms with Crippen molar-refractivity contribution in [2.75, 3.05) is 14.2 Å². The van der Waals surface area contributed by atoms with Gasteiger partial charge in [0.1, 0.15) is 0 Å². The molecule has 0 spiro atoms. The molecule has 0 bridgehead atoms. The van der Waals surface area contributed by atoms with E-state index in [2.05, 4.69) is 17.4 Å². The molecule has 0 aliphatic heterocycles. The molecule has 0 amide bonds. The summed E-state index contributed by atoms with van der Waals surface area (Å²) in [4.78, 5) is 0. The van der Waals surface area contributed by atoms with Crippen LogP contribution in [-0.2, 0) is 24.4 Å². The van der Waals surface area contributed by atoms with Gasteiger partial charge < -0.3 is 19.9 Å². The Morgan fingerprint density at radius 3 is 2.52 bits per heavy atom. The number of rotatable bonds is 7. The average Bonchev–Trinajstić information content (AvgIpc) is 2.50. The third-order valence-corrected chi connectivity index (χ3v) is 3.25. The summed E-state index contributed by atoms with van der Waals surface area (Å²) in [5.74, 6) is 0.692. The topological polar surface area (TPSA) is 50.7 Å².